The molecular formula is C40H50O12. The van der Waals surface area contributed by atoms with Gasteiger partial charge in [-0.3, -0.25) is 9.59 Å². The Bertz CT molecular complexity index is 1730. The highest BCUT2D eigenvalue weighted by Gasteiger charge is 2.77. The van der Waals surface area contributed by atoms with E-state index in [0.717, 1.165) is 0 Å². The molecule has 0 radical (unpaired) electrons. The summed E-state index contributed by atoms with van der Waals surface area (Å²) in [4.78, 5) is 53.5. The zero-order valence-electron chi connectivity index (χ0n) is 32.2. The van der Waals surface area contributed by atoms with E-state index in [9.17, 15) is 19.2 Å². The molecule has 2 saturated heterocycles. The molecule has 0 unspecified atom stereocenters. The van der Waals surface area contributed by atoms with E-state index in [1.54, 1.807) is 38.1 Å². The van der Waals surface area contributed by atoms with Gasteiger partial charge in [0.15, 0.2) is 23.0 Å². The van der Waals surface area contributed by atoms with Gasteiger partial charge in [-0.2, -0.15) is 0 Å². The summed E-state index contributed by atoms with van der Waals surface area (Å²) < 4.78 is 47.0. The predicted octanol–water partition coefficient (Wildman–Crippen LogP) is 6.84. The van der Waals surface area contributed by atoms with Crippen LogP contribution in [-0.4, -0.2) is 63.5 Å². The van der Waals surface area contributed by atoms with Crippen molar-refractivity contribution in [3.8, 4) is 34.1 Å². The average molecular weight is 723 g/mol. The second-order valence-corrected chi connectivity index (χ2v) is 16.1. The van der Waals surface area contributed by atoms with Gasteiger partial charge in [-0.25, -0.2) is 9.59 Å². The second-order valence-electron chi connectivity index (χ2n) is 16.1. The first kappa shape index (κ1) is 37.3. The summed E-state index contributed by atoms with van der Waals surface area (Å²) in [5, 5.41) is 0. The molecule has 4 bridgehead atoms. The third-order valence-corrected chi connectivity index (χ3v) is 13.6. The van der Waals surface area contributed by atoms with Crippen LogP contribution in [0, 0.1) is 21.7 Å². The maximum Gasteiger partial charge on any atom is 0.351 e. The lowest BCUT2D eigenvalue weighted by atomic mass is 9.66. The summed E-state index contributed by atoms with van der Waals surface area (Å²) in [6, 6.07) is 7.05. The lowest BCUT2D eigenvalue weighted by Gasteiger charge is -2.35. The van der Waals surface area contributed by atoms with E-state index in [1.165, 1.54) is 28.4 Å². The van der Waals surface area contributed by atoms with Gasteiger partial charge in [-0.15, -0.1) is 0 Å². The number of benzene rings is 2. The summed E-state index contributed by atoms with van der Waals surface area (Å²) in [5.74, 6) is -0.544. The SMILES string of the molecule is COc1cc([C@H](C)OC(=O)[C@]23CC[C@](C)(C(=O)O2)C3(C)C)cc(-c2cc([C@@H](C)OC(=O)[C@]34CC[C@](C)(C(=O)O3)C4(C)C)cc(OC)c2OC)c1OC. The molecule has 2 heterocycles. The van der Waals surface area contributed by atoms with Gasteiger partial charge in [0.2, 0.25) is 11.2 Å². The Labute approximate surface area is 304 Å². The molecule has 2 saturated carbocycles. The first-order chi connectivity index (χ1) is 24.3. The summed E-state index contributed by atoms with van der Waals surface area (Å²) in [6.45, 7) is 14.7. The molecule has 2 aliphatic carbocycles. The van der Waals surface area contributed by atoms with Crippen molar-refractivity contribution in [3.63, 3.8) is 0 Å². The Kier molecular flexibility index (Phi) is 8.62. The molecule has 12 heteroatoms. The summed E-state index contributed by atoms with van der Waals surface area (Å²) in [6.07, 6.45) is 0.199. The molecule has 52 heavy (non-hydrogen) atoms. The van der Waals surface area contributed by atoms with E-state index in [-0.39, 0.29) is 0 Å². The minimum Gasteiger partial charge on any atom is -0.493 e. The van der Waals surface area contributed by atoms with Gasteiger partial charge in [-0.05, 0) is 88.8 Å². The smallest absolute Gasteiger partial charge is 0.351 e. The van der Waals surface area contributed by atoms with E-state index >= 15 is 0 Å². The normalized spacial score (nSPS) is 30.2. The van der Waals surface area contributed by atoms with Crippen molar-refractivity contribution < 1.29 is 57.1 Å². The quantitative estimate of drug-likeness (QED) is 0.177. The molecule has 4 aliphatic rings. The molecule has 0 aromatic heterocycles. The van der Waals surface area contributed by atoms with Crippen molar-refractivity contribution in [1.29, 1.82) is 0 Å². The zero-order chi connectivity index (χ0) is 38.4. The number of methoxy groups -OCH3 is 4. The van der Waals surface area contributed by atoms with Gasteiger partial charge in [0, 0.05) is 22.0 Å². The maximum absolute atomic E-state index is 13.9. The van der Waals surface area contributed by atoms with Gasteiger partial charge in [0.05, 0.1) is 39.3 Å². The summed E-state index contributed by atoms with van der Waals surface area (Å²) >= 11 is 0. The van der Waals surface area contributed by atoms with Crippen molar-refractivity contribution in [3.05, 3.63) is 35.4 Å². The zero-order valence-corrected chi connectivity index (χ0v) is 32.2. The summed E-state index contributed by atoms with van der Waals surface area (Å²) in [5.41, 5.74) is -3.72. The fourth-order valence-corrected chi connectivity index (χ4v) is 8.89. The van der Waals surface area contributed by atoms with E-state index in [0.29, 0.717) is 70.9 Å². The van der Waals surface area contributed by atoms with Crippen LogP contribution in [-0.2, 0) is 38.1 Å². The highest BCUT2D eigenvalue weighted by atomic mass is 16.6. The minimum absolute atomic E-state index is 0.358. The first-order valence-corrected chi connectivity index (χ1v) is 17.7. The van der Waals surface area contributed by atoms with Crippen LogP contribution in [0.2, 0.25) is 0 Å². The highest BCUT2D eigenvalue weighted by molar-refractivity contribution is 5.95. The van der Waals surface area contributed by atoms with Crippen LogP contribution < -0.4 is 18.9 Å². The van der Waals surface area contributed by atoms with Crippen molar-refractivity contribution in [2.45, 2.75) is 104 Å². The fraction of sp³-hybridized carbons (Fsp3) is 0.600. The Balaban J connectivity index is 1.37. The number of fused-ring (bicyclic) bond motifs is 4. The third-order valence-electron chi connectivity index (χ3n) is 13.6. The number of carbonyl (C=O) groups excluding carboxylic acids is 4. The van der Waals surface area contributed by atoms with Crippen molar-refractivity contribution >= 4 is 23.9 Å². The van der Waals surface area contributed by atoms with E-state index in [1.807, 2.05) is 41.5 Å². The Morgan fingerprint density at radius 3 is 1.17 bits per heavy atom. The molecule has 2 aromatic rings. The molecule has 2 aromatic carbocycles. The molecule has 2 aliphatic heterocycles. The first-order valence-electron chi connectivity index (χ1n) is 17.7. The van der Waals surface area contributed by atoms with Crippen molar-refractivity contribution in [2.75, 3.05) is 28.4 Å². The van der Waals surface area contributed by atoms with Gasteiger partial charge in [-0.1, -0.05) is 27.7 Å². The molecule has 0 amide bonds. The molecule has 6 rings (SSSR count). The second kappa shape index (κ2) is 12.0. The van der Waals surface area contributed by atoms with Crippen LogP contribution in [0.25, 0.3) is 11.1 Å². The number of rotatable bonds is 11. The Hall–Kier alpha value is -4.48. The lowest BCUT2D eigenvalue weighted by molar-refractivity contribution is -0.187. The minimum atomic E-state index is -1.40. The summed E-state index contributed by atoms with van der Waals surface area (Å²) in [7, 11) is 6.02. The van der Waals surface area contributed by atoms with E-state index in [4.69, 9.17) is 37.9 Å². The topological polar surface area (TPSA) is 142 Å². The number of carbonyl (C=O) groups is 4. The number of ether oxygens (including phenoxy) is 8. The van der Waals surface area contributed by atoms with Crippen LogP contribution in [0.15, 0.2) is 24.3 Å². The Morgan fingerprint density at radius 1 is 0.577 bits per heavy atom. The predicted molar refractivity (Wildman–Crippen MR) is 187 cm³/mol. The van der Waals surface area contributed by atoms with Crippen LogP contribution in [0.5, 0.6) is 23.0 Å². The maximum atomic E-state index is 13.9. The van der Waals surface area contributed by atoms with Crippen LogP contribution in [0.3, 0.4) is 0 Å². The largest absolute Gasteiger partial charge is 0.493 e. The molecule has 6 atom stereocenters. The number of esters is 4. The van der Waals surface area contributed by atoms with Gasteiger partial charge in [0.1, 0.15) is 12.2 Å². The van der Waals surface area contributed by atoms with Crippen molar-refractivity contribution in [1.82, 2.24) is 0 Å². The highest BCUT2D eigenvalue weighted by Crippen LogP contribution is 2.67. The third kappa shape index (κ3) is 4.63. The number of hydrogen-bond acceptors (Lipinski definition) is 12. The molecule has 282 valence electrons. The molecule has 12 nitrogen and oxygen atoms in total. The van der Waals surface area contributed by atoms with Crippen molar-refractivity contribution in [2.24, 2.45) is 21.7 Å². The monoisotopic (exact) mass is 722 g/mol. The number of hydrogen-bond donors (Lipinski definition) is 0. The Morgan fingerprint density at radius 2 is 0.923 bits per heavy atom. The average Bonchev–Trinajstić information content (AvgIpc) is 3.58. The van der Waals surface area contributed by atoms with E-state index in [2.05, 4.69) is 0 Å². The van der Waals surface area contributed by atoms with Gasteiger partial charge >= 0.3 is 23.9 Å². The van der Waals surface area contributed by atoms with E-state index < -0.39 is 68.9 Å². The van der Waals surface area contributed by atoms with Crippen LogP contribution in [0.4, 0.5) is 0 Å². The standard InChI is InChI=1S/C40H50O12/c1-21(49-33(43)39-15-13-37(7,31(41)51-39)35(39,3)4)23-17-25(29(47-11)27(19-23)45-9)26-18-24(20-28(46-10)30(26)48-12)22(2)50-34(44)40-16-14-38(8,32(42)52-40)36(40,5)6/h17-22H,13-16H2,1-12H3/t21-,22+,37-,38-,39+,40+/m1/s1. The fourth-order valence-electron chi connectivity index (χ4n) is 8.89. The van der Waals surface area contributed by atoms with Crippen LogP contribution >= 0.6 is 0 Å². The van der Waals surface area contributed by atoms with Gasteiger partial charge < -0.3 is 37.9 Å². The molecule has 0 N–H and O–H groups in total. The molecule has 4 fully saturated rings. The molecule has 0 spiro atoms. The van der Waals surface area contributed by atoms with Gasteiger partial charge in [0.25, 0.3) is 0 Å². The molecular weight excluding hydrogens is 672 g/mol. The lowest BCUT2D eigenvalue weighted by Crippen LogP contribution is -2.49. The van der Waals surface area contributed by atoms with Crippen LogP contribution in [0.1, 0.15) is 104 Å².